The van der Waals surface area contributed by atoms with E-state index >= 15 is 0 Å². The lowest BCUT2D eigenvalue weighted by molar-refractivity contribution is -0.288. The summed E-state index contributed by atoms with van der Waals surface area (Å²) < 4.78 is 194. The summed E-state index contributed by atoms with van der Waals surface area (Å²) in [6, 6.07) is -0.305. The smallest absolute Gasteiger partial charge is 0.426 e. The molecule has 0 aromatic heterocycles. The standard InChI is InChI=1S/C19H12F14N2O2/c20-13(21)16(24,25)36-11-3-1-7(5-9(11)34)15(18(28,29)30,19(31,32)33)8-2-4-12(10(35)6-8)37-17(26,27)14(22)23/h1-6,13-14H,34-35H2. The fraction of sp³-hybridized carbons (Fsp3) is 0.368. The molecule has 0 aliphatic heterocycles. The van der Waals surface area contributed by atoms with Crippen molar-refractivity contribution in [3.63, 3.8) is 0 Å². The van der Waals surface area contributed by atoms with Gasteiger partial charge < -0.3 is 20.9 Å². The monoisotopic (exact) mass is 566 g/mol. The quantitative estimate of drug-likeness (QED) is 0.275. The van der Waals surface area contributed by atoms with Crippen molar-refractivity contribution in [2.24, 2.45) is 0 Å². The number of benzene rings is 2. The van der Waals surface area contributed by atoms with Crippen LogP contribution in [-0.2, 0) is 5.41 Å². The lowest BCUT2D eigenvalue weighted by Gasteiger charge is -2.38. The van der Waals surface area contributed by atoms with Crippen LogP contribution in [0.15, 0.2) is 36.4 Å². The summed E-state index contributed by atoms with van der Waals surface area (Å²) in [5.41, 5.74) is -0.962. The Hall–Kier alpha value is -3.34. The second-order valence-corrected chi connectivity index (χ2v) is 7.18. The van der Waals surface area contributed by atoms with Crippen molar-refractivity contribution in [2.75, 3.05) is 11.5 Å². The average molecular weight is 566 g/mol. The van der Waals surface area contributed by atoms with E-state index in [-0.39, 0.29) is 36.4 Å². The maximum Gasteiger partial charge on any atom is 0.461 e. The summed E-state index contributed by atoms with van der Waals surface area (Å²) in [7, 11) is 0. The molecule has 0 aliphatic rings. The number of halogens is 14. The minimum atomic E-state index is -6.32. The van der Waals surface area contributed by atoms with Gasteiger partial charge in [0.25, 0.3) is 0 Å². The van der Waals surface area contributed by atoms with Crippen LogP contribution in [0.5, 0.6) is 11.5 Å². The van der Waals surface area contributed by atoms with Gasteiger partial charge in [-0.2, -0.15) is 61.5 Å². The second kappa shape index (κ2) is 9.51. The van der Waals surface area contributed by atoms with Gasteiger partial charge in [0.15, 0.2) is 0 Å². The highest BCUT2D eigenvalue weighted by molar-refractivity contribution is 5.62. The molecule has 0 atom stereocenters. The molecule has 0 unspecified atom stereocenters. The molecular formula is C19H12F14N2O2. The summed E-state index contributed by atoms with van der Waals surface area (Å²) in [6.45, 7) is 0. The molecule has 0 bridgehead atoms. The third-order valence-electron chi connectivity index (χ3n) is 4.74. The van der Waals surface area contributed by atoms with Gasteiger partial charge in [0, 0.05) is 0 Å². The van der Waals surface area contributed by atoms with Crippen LogP contribution in [0, 0.1) is 0 Å². The molecule has 2 aromatic rings. The summed E-state index contributed by atoms with van der Waals surface area (Å²) in [6.07, 6.45) is -32.0. The van der Waals surface area contributed by atoms with Crippen LogP contribution >= 0.6 is 0 Å². The van der Waals surface area contributed by atoms with Gasteiger partial charge in [-0.25, -0.2) is 0 Å². The molecule has 0 saturated heterocycles. The third-order valence-corrected chi connectivity index (χ3v) is 4.74. The van der Waals surface area contributed by atoms with E-state index in [1.807, 2.05) is 0 Å². The second-order valence-electron chi connectivity index (χ2n) is 7.18. The van der Waals surface area contributed by atoms with E-state index in [2.05, 4.69) is 9.47 Å². The van der Waals surface area contributed by atoms with Crippen LogP contribution in [0.3, 0.4) is 0 Å². The Balaban J connectivity index is 2.76. The summed E-state index contributed by atoms with van der Waals surface area (Å²) in [5, 5.41) is 0. The zero-order chi connectivity index (χ0) is 28.8. The zero-order valence-electron chi connectivity index (χ0n) is 17.4. The molecule has 208 valence electrons. The molecule has 0 amide bonds. The number of ether oxygens (including phenoxy) is 2. The van der Waals surface area contributed by atoms with Crippen LogP contribution in [0.25, 0.3) is 0 Å². The maximum atomic E-state index is 14.2. The van der Waals surface area contributed by atoms with Crippen molar-refractivity contribution >= 4 is 11.4 Å². The molecule has 0 saturated carbocycles. The largest absolute Gasteiger partial charge is 0.461 e. The average Bonchev–Trinajstić information content (AvgIpc) is 2.69. The normalized spacial score (nSPS) is 13.8. The first-order chi connectivity index (χ1) is 16.6. The lowest BCUT2D eigenvalue weighted by atomic mass is 9.72. The number of rotatable bonds is 8. The maximum absolute atomic E-state index is 14.2. The topological polar surface area (TPSA) is 70.5 Å². The molecular weight excluding hydrogens is 554 g/mol. The van der Waals surface area contributed by atoms with Gasteiger partial charge >= 0.3 is 37.4 Å². The van der Waals surface area contributed by atoms with Gasteiger partial charge in [-0.3, -0.25) is 0 Å². The van der Waals surface area contributed by atoms with E-state index in [0.717, 1.165) is 0 Å². The Morgan fingerprint density at radius 3 is 1.05 bits per heavy atom. The van der Waals surface area contributed by atoms with E-state index in [9.17, 15) is 61.5 Å². The predicted octanol–water partition coefficient (Wildman–Crippen LogP) is 6.74. The van der Waals surface area contributed by atoms with Gasteiger partial charge in [-0.15, -0.1) is 0 Å². The number of anilines is 2. The first-order valence-corrected chi connectivity index (χ1v) is 9.21. The fourth-order valence-electron chi connectivity index (χ4n) is 3.11. The fourth-order valence-corrected chi connectivity index (χ4v) is 3.11. The Kier molecular flexibility index (Phi) is 7.68. The molecule has 18 heteroatoms. The molecule has 0 fully saturated rings. The summed E-state index contributed by atoms with van der Waals surface area (Å²) in [4.78, 5) is 0. The summed E-state index contributed by atoms with van der Waals surface area (Å²) in [5.74, 6) is -2.80. The molecule has 0 aliphatic carbocycles. The van der Waals surface area contributed by atoms with Crippen LogP contribution < -0.4 is 20.9 Å². The van der Waals surface area contributed by atoms with E-state index in [0.29, 0.717) is 0 Å². The van der Waals surface area contributed by atoms with Gasteiger partial charge in [-0.1, -0.05) is 12.1 Å². The highest BCUT2D eigenvalue weighted by atomic mass is 19.4. The Morgan fingerprint density at radius 2 is 0.838 bits per heavy atom. The lowest BCUT2D eigenvalue weighted by Crippen LogP contribution is -2.54. The number of hydrogen-bond acceptors (Lipinski definition) is 4. The molecule has 4 nitrogen and oxygen atoms in total. The van der Waals surface area contributed by atoms with Gasteiger partial charge in [0.1, 0.15) is 11.5 Å². The van der Waals surface area contributed by atoms with Crippen LogP contribution in [-0.4, -0.2) is 37.4 Å². The van der Waals surface area contributed by atoms with Gasteiger partial charge in [0.05, 0.1) is 11.4 Å². The molecule has 0 spiro atoms. The van der Waals surface area contributed by atoms with Crippen molar-refractivity contribution in [1.82, 2.24) is 0 Å². The first-order valence-electron chi connectivity index (χ1n) is 9.21. The van der Waals surface area contributed by atoms with Gasteiger partial charge in [0.2, 0.25) is 5.41 Å². The molecule has 0 radical (unpaired) electrons. The molecule has 0 heterocycles. The van der Waals surface area contributed by atoms with Crippen LogP contribution in [0.1, 0.15) is 11.1 Å². The minimum Gasteiger partial charge on any atom is -0.426 e. The minimum absolute atomic E-state index is 0.0389. The predicted molar refractivity (Wildman–Crippen MR) is 97.8 cm³/mol. The SMILES string of the molecule is Nc1cc(C(c2ccc(OC(F)(F)C(F)F)c(N)c2)(C(F)(F)F)C(F)(F)F)ccc1OC(F)(F)C(F)F. The summed E-state index contributed by atoms with van der Waals surface area (Å²) >= 11 is 0. The highest BCUT2D eigenvalue weighted by Crippen LogP contribution is 2.57. The number of alkyl halides is 14. The van der Waals surface area contributed by atoms with Crippen molar-refractivity contribution < 1.29 is 70.9 Å². The van der Waals surface area contributed by atoms with E-state index in [1.54, 1.807) is 0 Å². The van der Waals surface area contributed by atoms with Crippen LogP contribution in [0.4, 0.5) is 72.8 Å². The van der Waals surface area contributed by atoms with Crippen molar-refractivity contribution in [3.8, 4) is 11.5 Å². The van der Waals surface area contributed by atoms with Crippen molar-refractivity contribution in [1.29, 1.82) is 0 Å². The number of nitrogens with two attached hydrogens (primary N) is 2. The number of hydrogen-bond donors (Lipinski definition) is 2. The Morgan fingerprint density at radius 1 is 0.541 bits per heavy atom. The number of nitrogen functional groups attached to an aromatic ring is 2. The zero-order valence-corrected chi connectivity index (χ0v) is 17.4. The molecule has 37 heavy (non-hydrogen) atoms. The first kappa shape index (κ1) is 29.9. The Bertz CT molecular complexity index is 1030. The van der Waals surface area contributed by atoms with Crippen molar-refractivity contribution in [2.45, 2.75) is 42.8 Å². The highest BCUT2D eigenvalue weighted by Gasteiger charge is 2.72. The van der Waals surface area contributed by atoms with E-state index < -0.39 is 76.8 Å². The van der Waals surface area contributed by atoms with E-state index in [1.165, 1.54) is 0 Å². The van der Waals surface area contributed by atoms with Gasteiger partial charge in [-0.05, 0) is 35.4 Å². The van der Waals surface area contributed by atoms with Crippen LogP contribution in [0.2, 0.25) is 0 Å². The molecule has 2 aromatic carbocycles. The third kappa shape index (κ3) is 5.51. The van der Waals surface area contributed by atoms with Crippen molar-refractivity contribution in [3.05, 3.63) is 47.5 Å². The van der Waals surface area contributed by atoms with E-state index in [4.69, 9.17) is 11.5 Å². The molecule has 4 N–H and O–H groups in total. The Labute approximate surface area is 196 Å². The molecule has 2 rings (SSSR count).